The number of nitrogens with zero attached hydrogens (tertiary/aromatic N) is 3. The number of ether oxygens (including phenoxy) is 1. The number of alkyl carbamates (subject to hydrolysis) is 1. The first-order valence-electron chi connectivity index (χ1n) is 12.4. The van der Waals surface area contributed by atoms with Gasteiger partial charge in [-0.25, -0.2) is 13.2 Å². The van der Waals surface area contributed by atoms with Crippen LogP contribution in [0.4, 0.5) is 4.79 Å². The molecule has 3 unspecified atom stereocenters. The molecule has 0 saturated carbocycles. The van der Waals surface area contributed by atoms with Crippen LogP contribution in [0, 0.1) is 5.92 Å². The Hall–Kier alpha value is -3.31. The Kier molecular flexibility index (Phi) is 8.55. The molecule has 0 spiro atoms. The van der Waals surface area contributed by atoms with Crippen molar-refractivity contribution in [2.45, 2.75) is 50.6 Å². The van der Waals surface area contributed by atoms with E-state index in [1.807, 2.05) is 37.3 Å². The molecule has 0 bridgehead atoms. The molecule has 0 aliphatic carbocycles. The quantitative estimate of drug-likeness (QED) is 0.501. The molecule has 3 atom stereocenters. The van der Waals surface area contributed by atoms with E-state index in [4.69, 9.17) is 4.74 Å². The van der Waals surface area contributed by atoms with Gasteiger partial charge < -0.3 is 15.0 Å². The number of carbonyl (C=O) groups is 3. The van der Waals surface area contributed by atoms with Gasteiger partial charge in [-0.1, -0.05) is 43.3 Å². The second-order valence-electron chi connectivity index (χ2n) is 9.56. The van der Waals surface area contributed by atoms with Gasteiger partial charge in [0.2, 0.25) is 15.9 Å². The Bertz CT molecular complexity index is 1210. The largest absolute Gasteiger partial charge is 0.445 e. The Morgan fingerprint density at radius 3 is 2.65 bits per heavy atom. The lowest BCUT2D eigenvalue weighted by Crippen LogP contribution is -2.44. The Labute approximate surface area is 217 Å². The van der Waals surface area contributed by atoms with Crippen LogP contribution in [0.1, 0.15) is 37.4 Å². The van der Waals surface area contributed by atoms with Crippen LogP contribution in [0.2, 0.25) is 0 Å². The molecule has 11 heteroatoms. The van der Waals surface area contributed by atoms with Crippen molar-refractivity contribution >= 4 is 27.8 Å². The summed E-state index contributed by atoms with van der Waals surface area (Å²) in [5, 5.41) is 2.69. The average molecular weight is 529 g/mol. The number of aromatic nitrogens is 1. The average Bonchev–Trinajstić information content (AvgIpc) is 3.45. The van der Waals surface area contributed by atoms with Gasteiger partial charge in [0.15, 0.2) is 5.78 Å². The number of carbonyl (C=O) groups excluding carboxylic acids is 3. The lowest BCUT2D eigenvalue weighted by Gasteiger charge is -2.25. The lowest BCUT2D eigenvalue weighted by atomic mass is 10.0. The van der Waals surface area contributed by atoms with Gasteiger partial charge in [-0.2, -0.15) is 4.31 Å². The Balaban J connectivity index is 1.24. The minimum absolute atomic E-state index is 0.0403. The summed E-state index contributed by atoms with van der Waals surface area (Å²) in [6.07, 6.45) is 2.20. The van der Waals surface area contributed by atoms with E-state index in [0.717, 1.165) is 5.56 Å². The van der Waals surface area contributed by atoms with Crippen molar-refractivity contribution in [1.29, 1.82) is 0 Å². The number of ketones is 1. The fraction of sp³-hybridized carbons (Fsp3) is 0.462. The molecule has 2 aromatic rings. The van der Waals surface area contributed by atoms with Crippen molar-refractivity contribution in [3.63, 3.8) is 0 Å². The molecule has 2 aliphatic rings. The molecular weight excluding hydrogens is 496 g/mol. The molecule has 0 radical (unpaired) electrons. The van der Waals surface area contributed by atoms with Crippen molar-refractivity contribution in [1.82, 2.24) is 19.5 Å². The van der Waals surface area contributed by atoms with E-state index in [0.29, 0.717) is 31.6 Å². The van der Waals surface area contributed by atoms with E-state index < -0.39 is 28.2 Å². The van der Waals surface area contributed by atoms with Crippen LogP contribution in [-0.4, -0.2) is 72.1 Å². The highest BCUT2D eigenvalue weighted by Gasteiger charge is 2.53. The molecule has 10 nitrogen and oxygen atoms in total. The predicted molar refractivity (Wildman–Crippen MR) is 136 cm³/mol. The molecule has 2 amide bonds. The Morgan fingerprint density at radius 1 is 1.16 bits per heavy atom. The van der Waals surface area contributed by atoms with Gasteiger partial charge >= 0.3 is 6.09 Å². The summed E-state index contributed by atoms with van der Waals surface area (Å²) in [5.41, 5.74) is 1.31. The number of pyridine rings is 1. The topological polar surface area (TPSA) is 126 Å². The van der Waals surface area contributed by atoms with Crippen LogP contribution < -0.4 is 5.32 Å². The molecule has 2 aliphatic heterocycles. The molecule has 37 heavy (non-hydrogen) atoms. The van der Waals surface area contributed by atoms with Crippen molar-refractivity contribution in [3.8, 4) is 0 Å². The van der Waals surface area contributed by atoms with E-state index in [1.54, 1.807) is 18.2 Å². The lowest BCUT2D eigenvalue weighted by molar-refractivity contribution is -0.137. The van der Waals surface area contributed by atoms with Crippen molar-refractivity contribution < 1.29 is 27.5 Å². The van der Waals surface area contributed by atoms with Crippen LogP contribution in [0.15, 0.2) is 54.7 Å². The van der Waals surface area contributed by atoms with E-state index >= 15 is 0 Å². The third-order valence-corrected chi connectivity index (χ3v) is 8.53. The normalized spacial score (nSPS) is 20.5. The first kappa shape index (κ1) is 26.7. The van der Waals surface area contributed by atoms with E-state index in [-0.39, 0.29) is 42.9 Å². The molecule has 2 fully saturated rings. The second kappa shape index (κ2) is 11.8. The molecule has 1 aromatic heterocycles. The number of Topliss-reactive ketones (excluding diaryl/α,β-unsaturated/α-hetero) is 1. The Morgan fingerprint density at radius 2 is 1.92 bits per heavy atom. The fourth-order valence-corrected chi connectivity index (χ4v) is 6.55. The molecule has 198 valence electrons. The van der Waals surface area contributed by atoms with Gasteiger partial charge in [0.1, 0.15) is 18.4 Å². The minimum Gasteiger partial charge on any atom is -0.445 e. The number of rotatable bonds is 10. The smallest absolute Gasteiger partial charge is 0.407 e. The third-order valence-electron chi connectivity index (χ3n) is 6.75. The highest BCUT2D eigenvalue weighted by molar-refractivity contribution is 7.88. The van der Waals surface area contributed by atoms with Gasteiger partial charge in [0, 0.05) is 25.7 Å². The zero-order valence-corrected chi connectivity index (χ0v) is 21.6. The summed E-state index contributed by atoms with van der Waals surface area (Å²) in [6.45, 7) is 2.56. The number of sulfonamides is 1. The van der Waals surface area contributed by atoms with Gasteiger partial charge in [-0.15, -0.1) is 0 Å². The summed E-state index contributed by atoms with van der Waals surface area (Å²) in [7, 11) is -3.76. The fourth-order valence-electron chi connectivity index (χ4n) is 4.88. The van der Waals surface area contributed by atoms with Crippen LogP contribution in [0.3, 0.4) is 0 Å². The van der Waals surface area contributed by atoms with Crippen LogP contribution >= 0.6 is 0 Å². The van der Waals surface area contributed by atoms with Crippen LogP contribution in [-0.2, 0) is 36.7 Å². The number of benzene rings is 1. The summed E-state index contributed by atoms with van der Waals surface area (Å²) < 4.78 is 32.5. The van der Waals surface area contributed by atoms with Gasteiger partial charge in [-0.05, 0) is 36.5 Å². The molecule has 4 rings (SSSR count). The maximum Gasteiger partial charge on any atom is 0.407 e. The van der Waals surface area contributed by atoms with E-state index in [9.17, 15) is 22.8 Å². The van der Waals surface area contributed by atoms with Crippen LogP contribution in [0.5, 0.6) is 0 Å². The van der Waals surface area contributed by atoms with E-state index in [1.165, 1.54) is 15.4 Å². The second-order valence-corrected chi connectivity index (χ2v) is 11.5. The monoisotopic (exact) mass is 528 g/mol. The van der Waals surface area contributed by atoms with Crippen LogP contribution in [0.25, 0.3) is 0 Å². The van der Waals surface area contributed by atoms with Gasteiger partial charge in [0.25, 0.3) is 0 Å². The number of fused-ring (bicyclic) bond motifs is 1. The minimum atomic E-state index is -3.76. The maximum atomic E-state index is 13.0. The van der Waals surface area contributed by atoms with E-state index in [2.05, 4.69) is 10.3 Å². The highest BCUT2D eigenvalue weighted by Crippen LogP contribution is 2.33. The summed E-state index contributed by atoms with van der Waals surface area (Å²) in [5.74, 6) is -0.753. The third kappa shape index (κ3) is 6.72. The highest BCUT2D eigenvalue weighted by atomic mass is 32.2. The van der Waals surface area contributed by atoms with Crippen molar-refractivity contribution in [2.75, 3.05) is 19.6 Å². The van der Waals surface area contributed by atoms with Crippen molar-refractivity contribution in [3.05, 3.63) is 66.0 Å². The summed E-state index contributed by atoms with van der Waals surface area (Å²) in [4.78, 5) is 43.4. The SMILES string of the molecule is CC(CCNC(=O)OCc1ccccc1)CC(=O)N1CCC2C1C(=O)CN2S(=O)(=O)Cc1ccccn1. The predicted octanol–water partition coefficient (Wildman–Crippen LogP) is 2.11. The first-order valence-corrected chi connectivity index (χ1v) is 14.0. The standard InChI is InChI=1S/C26H32N4O6S/c1-19(10-13-28-26(33)36-17-20-7-3-2-4-8-20)15-24(32)29-14-11-22-25(29)23(31)16-30(22)37(34,35)18-21-9-5-6-12-27-21/h2-9,12,19,22,25H,10-11,13-18H2,1H3,(H,28,33). The summed E-state index contributed by atoms with van der Waals surface area (Å²) in [6, 6.07) is 13.1. The number of hydrogen-bond donors (Lipinski definition) is 1. The molecular formula is C26H32N4O6S. The molecule has 1 aromatic carbocycles. The number of amides is 2. The molecule has 1 N–H and O–H groups in total. The summed E-state index contributed by atoms with van der Waals surface area (Å²) >= 11 is 0. The number of hydrogen-bond acceptors (Lipinski definition) is 7. The zero-order chi connectivity index (χ0) is 26.4. The van der Waals surface area contributed by atoms with Gasteiger partial charge in [0.05, 0.1) is 18.3 Å². The number of nitrogens with one attached hydrogen (secondary N) is 1. The molecule has 3 heterocycles. The number of likely N-dealkylation sites (tertiary alicyclic amines) is 1. The molecule has 2 saturated heterocycles. The van der Waals surface area contributed by atoms with Crippen molar-refractivity contribution in [2.24, 2.45) is 5.92 Å². The first-order chi connectivity index (χ1) is 17.7. The van der Waals surface area contributed by atoms with Gasteiger partial charge in [-0.3, -0.25) is 14.6 Å². The maximum absolute atomic E-state index is 13.0. The zero-order valence-electron chi connectivity index (χ0n) is 20.8.